The van der Waals surface area contributed by atoms with E-state index < -0.39 is 5.97 Å². The lowest BCUT2D eigenvalue weighted by Gasteiger charge is -2.08. The van der Waals surface area contributed by atoms with Gasteiger partial charge in [-0.2, -0.15) is 5.26 Å². The average Bonchev–Trinajstić information content (AvgIpc) is 3.14. The Balaban J connectivity index is 2.07. The van der Waals surface area contributed by atoms with Crippen LogP contribution in [0.15, 0.2) is 71.5 Å². The number of rotatable bonds is 4. The molecule has 0 saturated heterocycles. The van der Waals surface area contributed by atoms with Gasteiger partial charge in [-0.3, -0.25) is 9.36 Å². The number of carbonyl (C=O) groups is 1. The number of esters is 1. The van der Waals surface area contributed by atoms with Gasteiger partial charge < -0.3 is 4.74 Å². The molecule has 6 heteroatoms. The van der Waals surface area contributed by atoms with Crippen molar-refractivity contribution in [2.45, 2.75) is 6.92 Å². The quantitative estimate of drug-likeness (QED) is 0.463. The van der Waals surface area contributed by atoms with Gasteiger partial charge in [0.1, 0.15) is 9.71 Å². The van der Waals surface area contributed by atoms with Gasteiger partial charge >= 0.3 is 5.97 Å². The summed E-state index contributed by atoms with van der Waals surface area (Å²) in [4.78, 5) is 26.5. The highest BCUT2D eigenvalue weighted by Gasteiger charge is 2.23. The molecule has 0 N–H and O–H groups in total. The molecule has 0 radical (unpaired) electrons. The lowest BCUT2D eigenvalue weighted by Crippen LogP contribution is -2.16. The molecule has 0 spiro atoms. The van der Waals surface area contributed by atoms with Crippen LogP contribution in [0, 0.1) is 11.3 Å². The van der Waals surface area contributed by atoms with Crippen LogP contribution in [0.25, 0.3) is 27.0 Å². The number of benzene rings is 2. The van der Waals surface area contributed by atoms with Crippen LogP contribution in [-0.4, -0.2) is 17.1 Å². The molecule has 0 aliphatic rings. The molecule has 29 heavy (non-hydrogen) atoms. The molecule has 0 atom stereocenters. The third-order valence-corrected chi connectivity index (χ3v) is 5.67. The first-order valence-corrected chi connectivity index (χ1v) is 9.87. The SMILES string of the molecule is CCOC(=O)c1sc2c(ccc(=O)n2-c2cccc(C#N)c2)c1-c1ccccc1. The van der Waals surface area contributed by atoms with Crippen molar-refractivity contribution in [3.63, 3.8) is 0 Å². The summed E-state index contributed by atoms with van der Waals surface area (Å²) in [5, 5.41) is 10.0. The standard InChI is InChI=1S/C23H16N2O3S/c1-2-28-23(27)21-20(16-8-4-3-5-9-16)18-11-12-19(26)25(22(18)29-21)17-10-6-7-15(13-17)14-24/h3-13H,2H2,1H3. The molecule has 2 heterocycles. The van der Waals surface area contributed by atoms with Crippen molar-refractivity contribution in [1.29, 1.82) is 5.26 Å². The Morgan fingerprint density at radius 2 is 1.90 bits per heavy atom. The Bertz CT molecular complexity index is 1310. The molecule has 0 bridgehead atoms. The summed E-state index contributed by atoms with van der Waals surface area (Å²) in [6.07, 6.45) is 0. The molecule has 5 nitrogen and oxygen atoms in total. The van der Waals surface area contributed by atoms with Crippen LogP contribution >= 0.6 is 11.3 Å². The van der Waals surface area contributed by atoms with E-state index in [2.05, 4.69) is 6.07 Å². The van der Waals surface area contributed by atoms with Crippen LogP contribution in [0.2, 0.25) is 0 Å². The first-order valence-electron chi connectivity index (χ1n) is 9.05. The predicted octanol–water partition coefficient (Wildman–Crippen LogP) is 4.77. The molecular formula is C23H16N2O3S. The minimum atomic E-state index is -0.419. The van der Waals surface area contributed by atoms with Gasteiger partial charge in [-0.1, -0.05) is 36.4 Å². The minimum absolute atomic E-state index is 0.233. The molecule has 0 aliphatic carbocycles. The summed E-state index contributed by atoms with van der Waals surface area (Å²) in [6.45, 7) is 2.02. The average molecular weight is 400 g/mol. The summed E-state index contributed by atoms with van der Waals surface area (Å²) in [5.41, 5.74) is 2.42. The number of hydrogen-bond donors (Lipinski definition) is 0. The van der Waals surface area contributed by atoms with E-state index >= 15 is 0 Å². The molecule has 4 rings (SSSR count). The van der Waals surface area contributed by atoms with Gasteiger partial charge in [-0.05, 0) is 36.8 Å². The highest BCUT2D eigenvalue weighted by molar-refractivity contribution is 7.21. The predicted molar refractivity (Wildman–Crippen MR) is 114 cm³/mol. The van der Waals surface area contributed by atoms with Gasteiger partial charge in [-0.25, -0.2) is 4.79 Å². The van der Waals surface area contributed by atoms with E-state index in [1.54, 1.807) is 37.3 Å². The molecule has 0 aliphatic heterocycles. The molecule has 0 unspecified atom stereocenters. The molecule has 142 valence electrons. The second-order valence-electron chi connectivity index (χ2n) is 6.28. The van der Waals surface area contributed by atoms with Crippen LogP contribution in [0.3, 0.4) is 0 Å². The Morgan fingerprint density at radius 3 is 2.62 bits per heavy atom. The highest BCUT2D eigenvalue weighted by Crippen LogP contribution is 2.39. The first kappa shape index (κ1) is 18.7. The number of pyridine rings is 1. The van der Waals surface area contributed by atoms with Crippen LogP contribution in [0.4, 0.5) is 0 Å². The Kier molecular flexibility index (Phi) is 4.98. The molecule has 0 amide bonds. The number of nitriles is 1. The Morgan fingerprint density at radius 1 is 1.10 bits per heavy atom. The molecule has 4 aromatic rings. The summed E-state index contributed by atoms with van der Waals surface area (Å²) in [7, 11) is 0. The maximum atomic E-state index is 12.8. The van der Waals surface area contributed by atoms with E-state index in [9.17, 15) is 14.9 Å². The summed E-state index contributed by atoms with van der Waals surface area (Å²) < 4.78 is 6.81. The van der Waals surface area contributed by atoms with Gasteiger partial charge in [0.15, 0.2) is 0 Å². The van der Waals surface area contributed by atoms with Crippen molar-refractivity contribution in [2.24, 2.45) is 0 Å². The van der Waals surface area contributed by atoms with E-state index in [4.69, 9.17) is 4.74 Å². The lowest BCUT2D eigenvalue weighted by molar-refractivity contribution is 0.0533. The van der Waals surface area contributed by atoms with Crippen molar-refractivity contribution >= 4 is 27.5 Å². The van der Waals surface area contributed by atoms with Gasteiger partial charge in [0.05, 0.1) is 23.9 Å². The van der Waals surface area contributed by atoms with Gasteiger partial charge in [-0.15, -0.1) is 11.3 Å². The minimum Gasteiger partial charge on any atom is -0.462 e. The fourth-order valence-corrected chi connectivity index (χ4v) is 4.50. The summed E-state index contributed by atoms with van der Waals surface area (Å²) in [6, 6.07) is 21.7. The first-order chi connectivity index (χ1) is 14.1. The van der Waals surface area contributed by atoms with Crippen molar-refractivity contribution < 1.29 is 9.53 Å². The topological polar surface area (TPSA) is 72.1 Å². The van der Waals surface area contributed by atoms with Gasteiger partial charge in [0.2, 0.25) is 0 Å². The van der Waals surface area contributed by atoms with E-state index in [0.717, 1.165) is 16.5 Å². The van der Waals surface area contributed by atoms with E-state index in [1.165, 1.54) is 22.0 Å². The van der Waals surface area contributed by atoms with Crippen molar-refractivity contribution in [3.05, 3.63) is 87.5 Å². The number of fused-ring (bicyclic) bond motifs is 1. The summed E-state index contributed by atoms with van der Waals surface area (Å²) in [5.74, 6) is -0.419. The van der Waals surface area contributed by atoms with Crippen LogP contribution in [-0.2, 0) is 4.74 Å². The van der Waals surface area contributed by atoms with Gasteiger partial charge in [0, 0.05) is 17.0 Å². The molecule has 2 aromatic heterocycles. The lowest BCUT2D eigenvalue weighted by atomic mass is 10.0. The van der Waals surface area contributed by atoms with Crippen molar-refractivity contribution in [3.8, 4) is 22.9 Å². The summed E-state index contributed by atoms with van der Waals surface area (Å²) >= 11 is 1.22. The Labute approximate surface area is 171 Å². The number of ether oxygens (including phenoxy) is 1. The Hall–Kier alpha value is -3.69. The fourth-order valence-electron chi connectivity index (χ4n) is 3.27. The molecule has 0 saturated carbocycles. The van der Waals surface area contributed by atoms with Crippen molar-refractivity contribution in [1.82, 2.24) is 4.57 Å². The second-order valence-corrected chi connectivity index (χ2v) is 7.28. The number of nitrogens with zero attached hydrogens (tertiary/aromatic N) is 2. The monoisotopic (exact) mass is 400 g/mol. The highest BCUT2D eigenvalue weighted by atomic mass is 32.1. The molecule has 2 aromatic carbocycles. The zero-order valence-electron chi connectivity index (χ0n) is 15.6. The largest absolute Gasteiger partial charge is 0.462 e. The van der Waals surface area contributed by atoms with Crippen LogP contribution in [0.5, 0.6) is 0 Å². The molecule has 0 fully saturated rings. The van der Waals surface area contributed by atoms with E-state index in [-0.39, 0.29) is 12.2 Å². The maximum Gasteiger partial charge on any atom is 0.349 e. The number of carbonyl (C=O) groups excluding carboxylic acids is 1. The number of thiophene rings is 1. The third kappa shape index (κ3) is 3.33. The number of aromatic nitrogens is 1. The number of hydrogen-bond acceptors (Lipinski definition) is 5. The smallest absolute Gasteiger partial charge is 0.349 e. The zero-order valence-corrected chi connectivity index (χ0v) is 16.4. The van der Waals surface area contributed by atoms with Crippen molar-refractivity contribution in [2.75, 3.05) is 6.61 Å². The third-order valence-electron chi connectivity index (χ3n) is 4.50. The maximum absolute atomic E-state index is 12.8. The molecular weight excluding hydrogens is 384 g/mol. The van der Waals surface area contributed by atoms with Gasteiger partial charge in [0.25, 0.3) is 5.56 Å². The normalized spacial score (nSPS) is 10.6. The van der Waals surface area contributed by atoms with E-state index in [0.29, 0.717) is 21.0 Å². The zero-order chi connectivity index (χ0) is 20.4. The fraction of sp³-hybridized carbons (Fsp3) is 0.0870. The second kappa shape index (κ2) is 7.74. The van der Waals surface area contributed by atoms with Crippen LogP contribution < -0.4 is 5.56 Å². The van der Waals surface area contributed by atoms with E-state index in [1.807, 2.05) is 30.3 Å². The van der Waals surface area contributed by atoms with Crippen LogP contribution in [0.1, 0.15) is 22.2 Å².